The van der Waals surface area contributed by atoms with Crippen LogP contribution in [0.2, 0.25) is 0 Å². The fourth-order valence-corrected chi connectivity index (χ4v) is 0.856. The molecule has 0 amide bonds. The summed E-state index contributed by atoms with van der Waals surface area (Å²) in [6.45, 7) is 4.81. The summed E-state index contributed by atoms with van der Waals surface area (Å²) < 4.78 is 7.06. The molecule has 0 saturated carbocycles. The molecular weight excluding hydrogens is 168 g/mol. The van der Waals surface area contributed by atoms with Gasteiger partial charge in [-0.05, 0) is 13.8 Å². The minimum Gasteiger partial charge on any atom is -0.372 e. The summed E-state index contributed by atoms with van der Waals surface area (Å²) in [6, 6.07) is 0. The van der Waals surface area contributed by atoms with Crippen molar-refractivity contribution in [2.75, 3.05) is 6.61 Å². The molecule has 0 bridgehead atoms. The maximum Gasteiger partial charge on any atom is 0.152 e. The Kier molecular flexibility index (Phi) is 3.00. The lowest BCUT2D eigenvalue weighted by molar-refractivity contribution is 0.0788. The summed E-state index contributed by atoms with van der Waals surface area (Å²) in [5.74, 6) is 0.809. The number of hydrogen-bond acceptors (Lipinski definition) is 4. The molecule has 0 aliphatic rings. The van der Waals surface area contributed by atoms with Crippen molar-refractivity contribution >= 4 is 0 Å². The first-order valence-electron chi connectivity index (χ1n) is 4.18. The number of rotatable bonds is 4. The van der Waals surface area contributed by atoms with Gasteiger partial charge in [0.05, 0.1) is 6.61 Å². The van der Waals surface area contributed by atoms with Crippen molar-refractivity contribution in [3.8, 4) is 0 Å². The van der Waals surface area contributed by atoms with Crippen molar-refractivity contribution in [3.63, 3.8) is 0 Å². The summed E-state index contributed by atoms with van der Waals surface area (Å²) in [5, 5.41) is 3.93. The van der Waals surface area contributed by atoms with Crippen molar-refractivity contribution in [3.05, 3.63) is 12.2 Å². The highest BCUT2D eigenvalue weighted by Gasteiger charge is 2.11. The molecule has 1 aromatic rings. The van der Waals surface area contributed by atoms with Crippen LogP contribution in [0.3, 0.4) is 0 Å². The van der Waals surface area contributed by atoms with Crippen LogP contribution in [-0.2, 0) is 18.4 Å². The minimum absolute atomic E-state index is 0.293. The van der Waals surface area contributed by atoms with E-state index in [2.05, 4.69) is 10.1 Å². The molecule has 13 heavy (non-hydrogen) atoms. The Morgan fingerprint density at radius 2 is 2.31 bits per heavy atom. The number of aryl methyl sites for hydroxylation is 1. The molecule has 1 rings (SSSR count). The van der Waals surface area contributed by atoms with E-state index in [0.29, 0.717) is 13.2 Å². The van der Waals surface area contributed by atoms with Gasteiger partial charge >= 0.3 is 0 Å². The van der Waals surface area contributed by atoms with Gasteiger partial charge in [-0.25, -0.2) is 4.98 Å². The molecule has 1 heterocycles. The van der Waals surface area contributed by atoms with Gasteiger partial charge in [-0.2, -0.15) is 5.10 Å². The van der Waals surface area contributed by atoms with Gasteiger partial charge in [-0.3, -0.25) is 4.68 Å². The predicted molar refractivity (Wildman–Crippen MR) is 48.9 cm³/mol. The van der Waals surface area contributed by atoms with Crippen molar-refractivity contribution in [2.45, 2.75) is 26.0 Å². The SMILES string of the molecule is Cn1ncnc1COCC(C)(C)N. The molecule has 74 valence electrons. The molecule has 0 aliphatic heterocycles. The van der Waals surface area contributed by atoms with E-state index in [1.807, 2.05) is 20.9 Å². The Balaban J connectivity index is 2.32. The van der Waals surface area contributed by atoms with Gasteiger partial charge < -0.3 is 10.5 Å². The zero-order valence-corrected chi connectivity index (χ0v) is 8.32. The summed E-state index contributed by atoms with van der Waals surface area (Å²) >= 11 is 0. The molecule has 0 radical (unpaired) electrons. The monoisotopic (exact) mass is 184 g/mol. The van der Waals surface area contributed by atoms with Gasteiger partial charge in [-0.15, -0.1) is 0 Å². The molecule has 2 N–H and O–H groups in total. The molecule has 0 unspecified atom stereocenters. The average Bonchev–Trinajstić information content (AvgIpc) is 2.34. The lowest BCUT2D eigenvalue weighted by Gasteiger charge is -2.17. The van der Waals surface area contributed by atoms with Crippen LogP contribution in [0.15, 0.2) is 6.33 Å². The van der Waals surface area contributed by atoms with Crippen molar-refractivity contribution in [1.29, 1.82) is 0 Å². The molecule has 0 aromatic carbocycles. The first kappa shape index (κ1) is 10.1. The highest BCUT2D eigenvalue weighted by Crippen LogP contribution is 2.00. The molecule has 5 heteroatoms. The largest absolute Gasteiger partial charge is 0.372 e. The topological polar surface area (TPSA) is 66.0 Å². The molecule has 5 nitrogen and oxygen atoms in total. The third-order valence-corrected chi connectivity index (χ3v) is 1.51. The number of nitrogens with two attached hydrogens (primary N) is 1. The van der Waals surface area contributed by atoms with Gasteiger partial charge in [0.1, 0.15) is 12.9 Å². The van der Waals surface area contributed by atoms with Crippen LogP contribution in [0.1, 0.15) is 19.7 Å². The van der Waals surface area contributed by atoms with Gasteiger partial charge in [0, 0.05) is 12.6 Å². The van der Waals surface area contributed by atoms with E-state index in [-0.39, 0.29) is 5.54 Å². The second kappa shape index (κ2) is 3.85. The Morgan fingerprint density at radius 1 is 1.62 bits per heavy atom. The average molecular weight is 184 g/mol. The molecule has 0 spiro atoms. The van der Waals surface area contributed by atoms with Crippen LogP contribution >= 0.6 is 0 Å². The summed E-state index contributed by atoms with van der Waals surface area (Å²) in [7, 11) is 1.83. The van der Waals surface area contributed by atoms with Crippen molar-refractivity contribution in [1.82, 2.24) is 14.8 Å². The van der Waals surface area contributed by atoms with E-state index in [1.54, 1.807) is 4.68 Å². The lowest BCUT2D eigenvalue weighted by atomic mass is 10.1. The number of aromatic nitrogens is 3. The van der Waals surface area contributed by atoms with Crippen LogP contribution in [0.25, 0.3) is 0 Å². The third kappa shape index (κ3) is 3.52. The fourth-order valence-electron chi connectivity index (χ4n) is 0.856. The van der Waals surface area contributed by atoms with Gasteiger partial charge in [0.15, 0.2) is 5.82 Å². The Bertz CT molecular complexity index is 263. The fraction of sp³-hybridized carbons (Fsp3) is 0.750. The van der Waals surface area contributed by atoms with E-state index >= 15 is 0 Å². The maximum atomic E-state index is 5.75. The third-order valence-electron chi connectivity index (χ3n) is 1.51. The van der Waals surface area contributed by atoms with Gasteiger partial charge in [-0.1, -0.05) is 0 Å². The first-order chi connectivity index (χ1) is 5.99. The van der Waals surface area contributed by atoms with E-state index in [0.717, 1.165) is 5.82 Å². The Morgan fingerprint density at radius 3 is 2.77 bits per heavy atom. The Hall–Kier alpha value is -0.940. The van der Waals surface area contributed by atoms with Crippen LogP contribution in [0, 0.1) is 0 Å². The second-order valence-corrected chi connectivity index (χ2v) is 3.78. The lowest BCUT2D eigenvalue weighted by Crippen LogP contribution is -2.37. The van der Waals surface area contributed by atoms with E-state index in [4.69, 9.17) is 10.5 Å². The van der Waals surface area contributed by atoms with Gasteiger partial charge in [0.25, 0.3) is 0 Å². The normalized spacial score (nSPS) is 12.0. The smallest absolute Gasteiger partial charge is 0.152 e. The molecule has 0 fully saturated rings. The molecular formula is C8H16N4O. The second-order valence-electron chi connectivity index (χ2n) is 3.78. The van der Waals surface area contributed by atoms with Crippen LogP contribution < -0.4 is 5.73 Å². The molecule has 0 saturated heterocycles. The highest BCUT2D eigenvalue weighted by molar-refractivity contribution is 4.80. The maximum absolute atomic E-state index is 5.75. The molecule has 0 atom stereocenters. The number of nitrogens with zero attached hydrogens (tertiary/aromatic N) is 3. The van der Waals surface area contributed by atoms with Crippen LogP contribution in [0.4, 0.5) is 0 Å². The van der Waals surface area contributed by atoms with E-state index in [9.17, 15) is 0 Å². The molecule has 0 aliphatic carbocycles. The standard InChI is InChI=1S/C8H16N4O/c1-8(2,9)5-13-4-7-10-6-11-12(7)3/h6H,4-5,9H2,1-3H3. The van der Waals surface area contributed by atoms with Crippen LogP contribution in [-0.4, -0.2) is 26.9 Å². The Labute approximate surface area is 77.9 Å². The van der Waals surface area contributed by atoms with Crippen LogP contribution in [0.5, 0.6) is 0 Å². The minimum atomic E-state index is -0.293. The van der Waals surface area contributed by atoms with Gasteiger partial charge in [0.2, 0.25) is 0 Å². The summed E-state index contributed by atoms with van der Waals surface area (Å²) in [6.07, 6.45) is 1.51. The van der Waals surface area contributed by atoms with E-state index in [1.165, 1.54) is 6.33 Å². The molecule has 1 aromatic heterocycles. The zero-order valence-electron chi connectivity index (χ0n) is 8.32. The quantitative estimate of drug-likeness (QED) is 0.719. The number of ether oxygens (including phenoxy) is 1. The number of hydrogen-bond donors (Lipinski definition) is 1. The highest BCUT2D eigenvalue weighted by atomic mass is 16.5. The summed E-state index contributed by atoms with van der Waals surface area (Å²) in [4.78, 5) is 4.02. The van der Waals surface area contributed by atoms with Crippen molar-refractivity contribution < 1.29 is 4.74 Å². The predicted octanol–water partition coefficient (Wildman–Crippen LogP) is 0.0690. The zero-order chi connectivity index (χ0) is 9.90. The summed E-state index contributed by atoms with van der Waals surface area (Å²) in [5.41, 5.74) is 5.45. The van der Waals surface area contributed by atoms with Crippen molar-refractivity contribution in [2.24, 2.45) is 12.8 Å². The first-order valence-corrected chi connectivity index (χ1v) is 4.18. The van der Waals surface area contributed by atoms with E-state index < -0.39 is 0 Å².